The molecule has 2 aromatic heterocycles. The van der Waals surface area contributed by atoms with E-state index in [0.29, 0.717) is 11.6 Å². The van der Waals surface area contributed by atoms with Gasteiger partial charge in [-0.15, -0.1) is 0 Å². The summed E-state index contributed by atoms with van der Waals surface area (Å²) in [5.74, 6) is 1.69. The molecule has 118 valence electrons. The van der Waals surface area contributed by atoms with Crippen LogP contribution in [0.4, 0.5) is 11.8 Å². The lowest BCUT2D eigenvalue weighted by Crippen LogP contribution is -2.44. The summed E-state index contributed by atoms with van der Waals surface area (Å²) in [7, 11) is 2.05. The zero-order valence-corrected chi connectivity index (χ0v) is 14.4. The standard InChI is InChI=1S/C16H17BrN6/c1-22(16-20-10-13(17)11-21-16)14-4-6-23(7-5-14)15-3-2-12(8-18)9-19-15/h2-3,9-11,14H,4-7H2,1H3. The molecule has 0 aliphatic carbocycles. The Kier molecular flexibility index (Phi) is 4.72. The lowest BCUT2D eigenvalue weighted by atomic mass is 10.0. The summed E-state index contributed by atoms with van der Waals surface area (Å²) < 4.78 is 0.886. The Morgan fingerprint density at radius 3 is 2.43 bits per heavy atom. The summed E-state index contributed by atoms with van der Waals surface area (Å²) in [5, 5.41) is 8.84. The summed E-state index contributed by atoms with van der Waals surface area (Å²) in [6.07, 6.45) is 7.22. The van der Waals surface area contributed by atoms with E-state index in [1.807, 2.05) is 19.2 Å². The molecule has 1 fully saturated rings. The first-order valence-electron chi connectivity index (χ1n) is 7.49. The Morgan fingerprint density at radius 1 is 1.17 bits per heavy atom. The van der Waals surface area contributed by atoms with Gasteiger partial charge < -0.3 is 9.80 Å². The quantitative estimate of drug-likeness (QED) is 0.824. The number of hydrogen-bond acceptors (Lipinski definition) is 6. The van der Waals surface area contributed by atoms with E-state index in [1.165, 1.54) is 0 Å². The van der Waals surface area contributed by atoms with Crippen LogP contribution in [-0.2, 0) is 0 Å². The van der Waals surface area contributed by atoms with Gasteiger partial charge in [0.05, 0.1) is 10.0 Å². The smallest absolute Gasteiger partial charge is 0.225 e. The first-order valence-corrected chi connectivity index (χ1v) is 8.28. The highest BCUT2D eigenvalue weighted by molar-refractivity contribution is 9.10. The highest BCUT2D eigenvalue weighted by Crippen LogP contribution is 2.23. The van der Waals surface area contributed by atoms with Crippen molar-refractivity contribution in [1.82, 2.24) is 15.0 Å². The second-order valence-corrected chi connectivity index (χ2v) is 6.46. The molecule has 0 unspecified atom stereocenters. The van der Waals surface area contributed by atoms with Crippen LogP contribution >= 0.6 is 15.9 Å². The summed E-state index contributed by atoms with van der Waals surface area (Å²) in [5.41, 5.74) is 0.593. The molecule has 0 N–H and O–H groups in total. The van der Waals surface area contributed by atoms with Gasteiger partial charge in [-0.2, -0.15) is 5.26 Å². The lowest BCUT2D eigenvalue weighted by molar-refractivity contribution is 0.475. The zero-order chi connectivity index (χ0) is 16.2. The van der Waals surface area contributed by atoms with E-state index in [1.54, 1.807) is 18.6 Å². The van der Waals surface area contributed by atoms with Crippen LogP contribution in [0.2, 0.25) is 0 Å². The van der Waals surface area contributed by atoms with Crippen molar-refractivity contribution in [3.63, 3.8) is 0 Å². The number of nitrogens with zero attached hydrogens (tertiary/aromatic N) is 6. The van der Waals surface area contributed by atoms with Crippen LogP contribution in [0.15, 0.2) is 35.2 Å². The third-order valence-corrected chi connectivity index (χ3v) is 4.54. The van der Waals surface area contributed by atoms with Gasteiger partial charge in [0, 0.05) is 44.8 Å². The highest BCUT2D eigenvalue weighted by Gasteiger charge is 2.24. The van der Waals surface area contributed by atoms with E-state index in [2.05, 4.69) is 46.8 Å². The van der Waals surface area contributed by atoms with Crippen LogP contribution in [-0.4, -0.2) is 41.1 Å². The van der Waals surface area contributed by atoms with Crippen molar-refractivity contribution in [3.05, 3.63) is 40.8 Å². The van der Waals surface area contributed by atoms with Crippen LogP contribution < -0.4 is 9.80 Å². The van der Waals surface area contributed by atoms with Crippen molar-refractivity contribution < 1.29 is 0 Å². The Balaban J connectivity index is 1.61. The van der Waals surface area contributed by atoms with Crippen LogP contribution in [0.1, 0.15) is 18.4 Å². The number of rotatable bonds is 3. The third kappa shape index (κ3) is 3.59. The van der Waals surface area contributed by atoms with Gasteiger partial charge in [-0.1, -0.05) is 0 Å². The first kappa shape index (κ1) is 15.7. The number of aromatic nitrogens is 3. The van der Waals surface area contributed by atoms with E-state index >= 15 is 0 Å². The number of anilines is 2. The van der Waals surface area contributed by atoms with Crippen molar-refractivity contribution in [2.45, 2.75) is 18.9 Å². The maximum absolute atomic E-state index is 8.84. The molecule has 3 rings (SSSR count). The average molecular weight is 373 g/mol. The molecule has 0 bridgehead atoms. The van der Waals surface area contributed by atoms with Crippen LogP contribution in [0.3, 0.4) is 0 Å². The molecule has 0 saturated carbocycles. The fraction of sp³-hybridized carbons (Fsp3) is 0.375. The molecule has 1 saturated heterocycles. The summed E-state index contributed by atoms with van der Waals surface area (Å²) in [6, 6.07) is 6.25. The molecule has 2 aromatic rings. The second kappa shape index (κ2) is 6.92. The Bertz CT molecular complexity index is 686. The minimum Gasteiger partial charge on any atom is -0.356 e. The normalized spacial score (nSPS) is 15.3. The largest absolute Gasteiger partial charge is 0.356 e. The molecule has 0 atom stereocenters. The van der Waals surface area contributed by atoms with Crippen LogP contribution in [0, 0.1) is 11.3 Å². The van der Waals surface area contributed by atoms with E-state index in [-0.39, 0.29) is 0 Å². The van der Waals surface area contributed by atoms with Crippen molar-refractivity contribution in [3.8, 4) is 6.07 Å². The van der Waals surface area contributed by atoms with Gasteiger partial charge in [-0.3, -0.25) is 0 Å². The molecule has 7 heteroatoms. The molecule has 6 nitrogen and oxygen atoms in total. The van der Waals surface area contributed by atoms with Crippen molar-refractivity contribution in [1.29, 1.82) is 5.26 Å². The van der Waals surface area contributed by atoms with Crippen LogP contribution in [0.5, 0.6) is 0 Å². The predicted octanol–water partition coefficient (Wildman–Crippen LogP) is 2.61. The number of pyridine rings is 1. The van der Waals surface area contributed by atoms with Gasteiger partial charge in [0.2, 0.25) is 5.95 Å². The monoisotopic (exact) mass is 372 g/mol. The van der Waals surface area contributed by atoms with E-state index in [0.717, 1.165) is 42.2 Å². The number of hydrogen-bond donors (Lipinski definition) is 0. The summed E-state index contributed by atoms with van der Waals surface area (Å²) >= 11 is 3.36. The summed E-state index contributed by atoms with van der Waals surface area (Å²) in [4.78, 5) is 17.5. The molecule has 0 amide bonds. The number of nitriles is 1. The van der Waals surface area contributed by atoms with Gasteiger partial charge >= 0.3 is 0 Å². The van der Waals surface area contributed by atoms with Gasteiger partial charge in [0.25, 0.3) is 0 Å². The first-order chi connectivity index (χ1) is 11.2. The molecule has 1 aliphatic rings. The van der Waals surface area contributed by atoms with E-state index in [9.17, 15) is 0 Å². The van der Waals surface area contributed by atoms with E-state index < -0.39 is 0 Å². The zero-order valence-electron chi connectivity index (χ0n) is 12.9. The fourth-order valence-corrected chi connectivity index (χ4v) is 2.98. The fourth-order valence-electron chi connectivity index (χ4n) is 2.77. The molecule has 3 heterocycles. The van der Waals surface area contributed by atoms with Gasteiger partial charge in [-0.05, 0) is 40.9 Å². The van der Waals surface area contributed by atoms with Crippen LogP contribution in [0.25, 0.3) is 0 Å². The number of piperidine rings is 1. The Labute approximate surface area is 143 Å². The molecule has 0 spiro atoms. The second-order valence-electron chi connectivity index (χ2n) is 5.55. The molecular formula is C16H17BrN6. The molecule has 0 aromatic carbocycles. The average Bonchev–Trinajstić information content (AvgIpc) is 2.62. The maximum atomic E-state index is 8.84. The van der Waals surface area contributed by atoms with Gasteiger partial charge in [0.1, 0.15) is 11.9 Å². The topological polar surface area (TPSA) is 68.9 Å². The Hall–Kier alpha value is -2.20. The molecule has 0 radical (unpaired) electrons. The molecule has 23 heavy (non-hydrogen) atoms. The highest BCUT2D eigenvalue weighted by atomic mass is 79.9. The molecule has 1 aliphatic heterocycles. The third-order valence-electron chi connectivity index (χ3n) is 4.14. The van der Waals surface area contributed by atoms with Crippen molar-refractivity contribution >= 4 is 27.7 Å². The van der Waals surface area contributed by atoms with Crippen molar-refractivity contribution in [2.75, 3.05) is 29.9 Å². The predicted molar refractivity (Wildman–Crippen MR) is 92.3 cm³/mol. The minimum absolute atomic E-state index is 0.422. The maximum Gasteiger partial charge on any atom is 0.225 e. The minimum atomic E-state index is 0.422. The van der Waals surface area contributed by atoms with E-state index in [4.69, 9.17) is 5.26 Å². The lowest BCUT2D eigenvalue weighted by Gasteiger charge is -2.37. The summed E-state index contributed by atoms with van der Waals surface area (Å²) in [6.45, 7) is 1.87. The number of halogens is 1. The van der Waals surface area contributed by atoms with Crippen molar-refractivity contribution in [2.24, 2.45) is 0 Å². The Morgan fingerprint density at radius 2 is 1.87 bits per heavy atom. The SMILES string of the molecule is CN(c1ncc(Br)cn1)C1CCN(c2ccc(C#N)cn2)CC1. The van der Waals surface area contributed by atoms with Gasteiger partial charge in [0.15, 0.2) is 0 Å². The molecular weight excluding hydrogens is 356 g/mol. The van der Waals surface area contributed by atoms with Gasteiger partial charge in [-0.25, -0.2) is 15.0 Å².